The minimum Gasteiger partial charge on any atom is -0.478 e. The van der Waals surface area contributed by atoms with Gasteiger partial charge in [0.1, 0.15) is 5.82 Å². The van der Waals surface area contributed by atoms with Crippen LogP contribution in [0.1, 0.15) is 33.0 Å². The van der Waals surface area contributed by atoms with Crippen molar-refractivity contribution in [1.82, 2.24) is 5.01 Å². The fourth-order valence-electron chi connectivity index (χ4n) is 3.56. The first-order chi connectivity index (χ1) is 16.1. The van der Waals surface area contributed by atoms with E-state index in [1.54, 1.807) is 12.1 Å². The van der Waals surface area contributed by atoms with Gasteiger partial charge >= 0.3 is 18.2 Å². The van der Waals surface area contributed by atoms with Crippen molar-refractivity contribution in [3.05, 3.63) is 101 Å². The maximum absolute atomic E-state index is 13.4. The van der Waals surface area contributed by atoms with Crippen molar-refractivity contribution in [3.63, 3.8) is 0 Å². The molecule has 0 aromatic heterocycles. The number of nitrogens with zero attached hydrogens (tertiary/aromatic N) is 2. The van der Waals surface area contributed by atoms with Gasteiger partial charge in [0.25, 0.3) is 0 Å². The standard InChI is InChI=1S/C24H17F4N3O3/c25-18-9-5-15(6-10-18)21-20(14-1-3-16(4-2-14)22(32)33)13-31(30-21)23(34)29-19-11-7-17(8-12-19)24(26,27)28/h1-12,20H,13H2,(H,29,34)(H,32,33). The number of benzene rings is 3. The molecule has 0 bridgehead atoms. The van der Waals surface area contributed by atoms with Crippen LogP contribution in [0.5, 0.6) is 0 Å². The molecule has 3 aromatic rings. The number of halogens is 4. The minimum atomic E-state index is -4.49. The monoisotopic (exact) mass is 471 g/mol. The van der Waals surface area contributed by atoms with Crippen LogP contribution in [0.25, 0.3) is 0 Å². The van der Waals surface area contributed by atoms with Crippen LogP contribution in [0.3, 0.4) is 0 Å². The molecule has 0 saturated carbocycles. The Hall–Kier alpha value is -4.21. The van der Waals surface area contributed by atoms with Crippen molar-refractivity contribution in [2.75, 3.05) is 11.9 Å². The van der Waals surface area contributed by atoms with Gasteiger partial charge in [-0.2, -0.15) is 18.3 Å². The molecular formula is C24H17F4N3O3. The van der Waals surface area contributed by atoms with Crippen molar-refractivity contribution >= 4 is 23.4 Å². The molecule has 0 saturated heterocycles. The van der Waals surface area contributed by atoms with Crippen LogP contribution in [-0.2, 0) is 6.18 Å². The SMILES string of the molecule is O=C(O)c1ccc(C2CN(C(=O)Nc3ccc(C(F)(F)F)cc3)N=C2c2ccc(F)cc2)cc1. The Morgan fingerprint density at radius 1 is 0.941 bits per heavy atom. The van der Waals surface area contributed by atoms with Gasteiger partial charge in [0.2, 0.25) is 0 Å². The lowest BCUT2D eigenvalue weighted by Gasteiger charge is -2.16. The lowest BCUT2D eigenvalue weighted by atomic mass is 9.90. The van der Waals surface area contributed by atoms with Crippen molar-refractivity contribution in [2.45, 2.75) is 12.1 Å². The van der Waals surface area contributed by atoms with Crippen LogP contribution in [0.2, 0.25) is 0 Å². The summed E-state index contributed by atoms with van der Waals surface area (Å²) in [6, 6.07) is 15.0. The summed E-state index contributed by atoms with van der Waals surface area (Å²) < 4.78 is 51.7. The fourth-order valence-corrected chi connectivity index (χ4v) is 3.56. The molecule has 3 aromatic carbocycles. The molecule has 6 nitrogen and oxygen atoms in total. The Labute approximate surface area is 191 Å². The number of alkyl halides is 3. The Kier molecular flexibility index (Phi) is 6.06. The van der Waals surface area contributed by atoms with E-state index in [0.29, 0.717) is 16.8 Å². The molecule has 2 N–H and O–H groups in total. The Morgan fingerprint density at radius 2 is 1.56 bits per heavy atom. The van der Waals surface area contributed by atoms with E-state index in [0.717, 1.165) is 29.3 Å². The van der Waals surface area contributed by atoms with Crippen molar-refractivity contribution < 1.29 is 32.3 Å². The van der Waals surface area contributed by atoms with E-state index in [1.807, 2.05) is 0 Å². The number of rotatable bonds is 4. The molecule has 1 aliphatic heterocycles. The van der Waals surface area contributed by atoms with E-state index < -0.39 is 35.5 Å². The van der Waals surface area contributed by atoms with Gasteiger partial charge in [-0.1, -0.05) is 24.3 Å². The largest absolute Gasteiger partial charge is 0.478 e. The number of amides is 2. The Balaban J connectivity index is 1.59. The van der Waals surface area contributed by atoms with Crippen LogP contribution >= 0.6 is 0 Å². The number of carboxylic acid groups (broad SMARTS) is 1. The highest BCUT2D eigenvalue weighted by Crippen LogP contribution is 2.31. The summed E-state index contributed by atoms with van der Waals surface area (Å²) in [5, 5.41) is 17.2. The average Bonchev–Trinajstić information content (AvgIpc) is 3.25. The number of carbonyl (C=O) groups is 2. The molecule has 0 fully saturated rings. The number of aromatic carboxylic acids is 1. The molecule has 0 aliphatic carbocycles. The summed E-state index contributed by atoms with van der Waals surface area (Å²) in [6.45, 7) is 0.0889. The van der Waals surface area contributed by atoms with Gasteiger partial charge < -0.3 is 10.4 Å². The van der Waals surface area contributed by atoms with E-state index in [4.69, 9.17) is 5.11 Å². The normalized spacial score (nSPS) is 15.7. The first kappa shape index (κ1) is 23.0. The Bertz CT molecular complexity index is 1240. The van der Waals surface area contributed by atoms with Crippen LogP contribution in [0, 0.1) is 5.82 Å². The summed E-state index contributed by atoms with van der Waals surface area (Å²) in [4.78, 5) is 24.0. The van der Waals surface area contributed by atoms with Crippen LogP contribution in [0.15, 0.2) is 77.9 Å². The van der Waals surface area contributed by atoms with Gasteiger partial charge in [-0.15, -0.1) is 0 Å². The fraction of sp³-hybridized carbons (Fsp3) is 0.125. The first-order valence-corrected chi connectivity index (χ1v) is 10.1. The number of hydrogen-bond acceptors (Lipinski definition) is 3. The van der Waals surface area contributed by atoms with Gasteiger partial charge in [0.05, 0.1) is 23.4 Å². The lowest BCUT2D eigenvalue weighted by molar-refractivity contribution is -0.137. The predicted octanol–water partition coefficient (Wildman–Crippen LogP) is 5.58. The third-order valence-electron chi connectivity index (χ3n) is 5.31. The molecule has 34 heavy (non-hydrogen) atoms. The third kappa shape index (κ3) is 4.90. The average molecular weight is 471 g/mol. The highest BCUT2D eigenvalue weighted by molar-refractivity contribution is 6.08. The second-order valence-electron chi connectivity index (χ2n) is 7.56. The number of anilines is 1. The van der Waals surface area contributed by atoms with Gasteiger partial charge in [0.15, 0.2) is 0 Å². The molecule has 174 valence electrons. The molecule has 1 heterocycles. The highest BCUT2D eigenvalue weighted by atomic mass is 19.4. The second-order valence-corrected chi connectivity index (χ2v) is 7.56. The van der Waals surface area contributed by atoms with Gasteiger partial charge in [-0.25, -0.2) is 19.0 Å². The third-order valence-corrected chi connectivity index (χ3v) is 5.31. The summed E-state index contributed by atoms with van der Waals surface area (Å²) in [6.07, 6.45) is -4.49. The molecular weight excluding hydrogens is 454 g/mol. The molecule has 2 amide bonds. The van der Waals surface area contributed by atoms with Crippen molar-refractivity contribution in [2.24, 2.45) is 5.10 Å². The predicted molar refractivity (Wildman–Crippen MR) is 116 cm³/mol. The maximum atomic E-state index is 13.4. The smallest absolute Gasteiger partial charge is 0.416 e. The quantitative estimate of drug-likeness (QED) is 0.488. The summed E-state index contributed by atoms with van der Waals surface area (Å²) in [7, 11) is 0. The minimum absolute atomic E-state index is 0.0889. The summed E-state index contributed by atoms with van der Waals surface area (Å²) >= 11 is 0. The summed E-state index contributed by atoms with van der Waals surface area (Å²) in [5.41, 5.74) is 1.14. The van der Waals surface area contributed by atoms with E-state index in [-0.39, 0.29) is 17.8 Å². The number of hydrazone groups is 1. The van der Waals surface area contributed by atoms with E-state index in [2.05, 4.69) is 10.4 Å². The zero-order chi connectivity index (χ0) is 24.5. The number of hydrogen-bond donors (Lipinski definition) is 2. The molecule has 10 heteroatoms. The lowest BCUT2D eigenvalue weighted by Crippen LogP contribution is -2.30. The van der Waals surface area contributed by atoms with Crippen LogP contribution in [0.4, 0.5) is 28.0 Å². The molecule has 4 rings (SSSR count). The number of nitrogens with one attached hydrogen (secondary N) is 1. The summed E-state index contributed by atoms with van der Waals surface area (Å²) in [5.74, 6) is -1.96. The number of urea groups is 1. The van der Waals surface area contributed by atoms with Gasteiger partial charge in [0, 0.05) is 11.6 Å². The topological polar surface area (TPSA) is 82.0 Å². The van der Waals surface area contributed by atoms with E-state index in [9.17, 15) is 27.2 Å². The Morgan fingerprint density at radius 3 is 2.12 bits per heavy atom. The van der Waals surface area contributed by atoms with Crippen LogP contribution in [-0.4, -0.2) is 34.4 Å². The second kappa shape index (κ2) is 8.97. The van der Waals surface area contributed by atoms with Crippen molar-refractivity contribution in [1.29, 1.82) is 0 Å². The highest BCUT2D eigenvalue weighted by Gasteiger charge is 2.33. The number of carbonyl (C=O) groups excluding carboxylic acids is 1. The van der Waals surface area contributed by atoms with E-state index in [1.165, 1.54) is 36.4 Å². The molecule has 1 unspecified atom stereocenters. The molecule has 0 spiro atoms. The molecule has 1 atom stereocenters. The van der Waals surface area contributed by atoms with E-state index >= 15 is 0 Å². The zero-order valence-electron chi connectivity index (χ0n) is 17.4. The van der Waals surface area contributed by atoms with Crippen molar-refractivity contribution in [3.8, 4) is 0 Å². The maximum Gasteiger partial charge on any atom is 0.416 e. The van der Waals surface area contributed by atoms with Gasteiger partial charge in [-0.3, -0.25) is 0 Å². The molecule has 0 radical (unpaired) electrons. The molecule has 1 aliphatic rings. The zero-order valence-corrected chi connectivity index (χ0v) is 17.4. The number of carboxylic acids is 1. The first-order valence-electron chi connectivity index (χ1n) is 10.1. The van der Waals surface area contributed by atoms with Gasteiger partial charge in [-0.05, 0) is 59.7 Å². The van der Waals surface area contributed by atoms with Crippen LogP contribution < -0.4 is 5.32 Å².